The zero-order valence-corrected chi connectivity index (χ0v) is 25.6. The predicted molar refractivity (Wildman–Crippen MR) is 164 cm³/mol. The highest BCUT2D eigenvalue weighted by atomic mass is 35.5. The van der Waals surface area contributed by atoms with Gasteiger partial charge in [0.15, 0.2) is 0 Å². The van der Waals surface area contributed by atoms with Gasteiger partial charge < -0.3 is 9.64 Å². The van der Waals surface area contributed by atoms with Crippen LogP contribution in [0.15, 0.2) is 48.6 Å². The van der Waals surface area contributed by atoms with Gasteiger partial charge in [0.05, 0.1) is 17.5 Å². The molecule has 1 N–H and O–H groups in total. The number of nitrogens with one attached hydrogen (secondary N) is 1. The molecule has 8 heteroatoms. The average Bonchev–Trinajstić information content (AvgIpc) is 3.07. The van der Waals surface area contributed by atoms with Crippen LogP contribution in [-0.4, -0.2) is 39.3 Å². The number of carbonyl (C=O) groups is 1. The number of hydrogen-bond donors (Lipinski definition) is 1. The number of halogens is 1. The Bertz CT molecular complexity index is 1460. The van der Waals surface area contributed by atoms with E-state index in [1.54, 1.807) is 13.0 Å². The third kappa shape index (κ3) is 5.52. The highest BCUT2D eigenvalue weighted by molar-refractivity contribution is 7.90. The molecule has 0 saturated heterocycles. The van der Waals surface area contributed by atoms with Gasteiger partial charge in [-0.05, 0) is 111 Å². The lowest BCUT2D eigenvalue weighted by Gasteiger charge is -2.46. The van der Waals surface area contributed by atoms with Crippen molar-refractivity contribution in [1.82, 2.24) is 4.72 Å². The van der Waals surface area contributed by atoms with Gasteiger partial charge in [-0.25, -0.2) is 13.1 Å². The molecule has 2 aromatic rings. The highest BCUT2D eigenvalue weighted by Crippen LogP contribution is 2.48. The molecule has 220 valence electrons. The number of carbonyl (C=O) groups excluding carboxylic acids is 1. The fourth-order valence-electron chi connectivity index (χ4n) is 7.57. The van der Waals surface area contributed by atoms with Gasteiger partial charge in [-0.1, -0.05) is 43.2 Å². The van der Waals surface area contributed by atoms with Crippen LogP contribution in [0.5, 0.6) is 5.75 Å². The average molecular weight is 597 g/mol. The summed E-state index contributed by atoms with van der Waals surface area (Å²) in [5, 5.41) is 0.0628. The second-order valence-electron chi connectivity index (χ2n) is 12.7. The smallest absolute Gasteiger partial charge is 0.264 e. The number of fused-ring (bicyclic) bond motifs is 4. The van der Waals surface area contributed by atoms with Crippen LogP contribution in [0.2, 0.25) is 5.02 Å². The number of aryl methyl sites for hydroxylation is 1. The Labute approximate surface area is 249 Å². The molecule has 4 aliphatic rings. The standard InChI is InChI=1S/C33H41ClN2O4S/c1-3-6-23-8-4-7-22(2)41(38,39)35-32(37)25-11-15-31-30(18-25)36(19-26-10-13-28(23)26)20-33(21-40-31)16-5-9-24-17-27(34)12-14-29(24)33/h4,8,11-12,14-15,17-18,22-23,26,28H,3,5-7,9-10,13,16,19-21H2,1-2H3,(H,35,37)/b8-4+/t22?,23?,26?,28?,33-/m0/s1. The molecule has 4 unspecified atom stereocenters. The van der Waals surface area contributed by atoms with Crippen molar-refractivity contribution in [2.45, 2.75) is 75.9 Å². The van der Waals surface area contributed by atoms with E-state index < -0.39 is 21.2 Å². The summed E-state index contributed by atoms with van der Waals surface area (Å²) in [6.07, 6.45) is 12.3. The maximum Gasteiger partial charge on any atom is 0.264 e. The van der Waals surface area contributed by atoms with Gasteiger partial charge in [-0.2, -0.15) is 0 Å². The van der Waals surface area contributed by atoms with Crippen LogP contribution in [-0.2, 0) is 21.9 Å². The largest absolute Gasteiger partial charge is 0.490 e. The quantitative estimate of drug-likeness (QED) is 0.392. The zero-order chi connectivity index (χ0) is 28.8. The van der Waals surface area contributed by atoms with Crippen LogP contribution < -0.4 is 14.4 Å². The van der Waals surface area contributed by atoms with Crippen LogP contribution >= 0.6 is 11.6 Å². The molecule has 1 fully saturated rings. The number of rotatable bonds is 2. The molecule has 5 atom stereocenters. The van der Waals surface area contributed by atoms with Crippen molar-refractivity contribution in [3.8, 4) is 5.75 Å². The molecule has 2 bridgehead atoms. The SMILES string of the molecule is CCCC1/C=C/CC(C)S(=O)(=O)NC(=O)c2ccc3c(c2)N(CC2CCC12)C[C@@]1(CCCc2cc(Cl)ccc21)CO3. The molecule has 0 aromatic heterocycles. The van der Waals surface area contributed by atoms with Crippen molar-refractivity contribution >= 4 is 33.2 Å². The number of hydrogen-bond acceptors (Lipinski definition) is 5. The monoisotopic (exact) mass is 596 g/mol. The Morgan fingerprint density at radius 2 is 2.02 bits per heavy atom. The van der Waals surface area contributed by atoms with Gasteiger partial charge in [0.1, 0.15) is 5.75 Å². The van der Waals surface area contributed by atoms with Gasteiger partial charge in [0.2, 0.25) is 10.0 Å². The first-order valence-electron chi connectivity index (χ1n) is 15.2. The number of anilines is 1. The van der Waals surface area contributed by atoms with E-state index in [2.05, 4.69) is 34.8 Å². The lowest BCUT2D eigenvalue weighted by molar-refractivity contribution is 0.0981. The first kappa shape index (κ1) is 28.6. The fourth-order valence-corrected chi connectivity index (χ4v) is 8.71. The van der Waals surface area contributed by atoms with E-state index >= 15 is 0 Å². The van der Waals surface area contributed by atoms with E-state index in [4.69, 9.17) is 16.3 Å². The van der Waals surface area contributed by atoms with E-state index in [1.165, 1.54) is 24.0 Å². The Balaban J connectivity index is 1.44. The number of ether oxygens (including phenoxy) is 1. The van der Waals surface area contributed by atoms with Gasteiger partial charge in [-0.3, -0.25) is 4.79 Å². The summed E-state index contributed by atoms with van der Waals surface area (Å²) < 4.78 is 35.0. The minimum Gasteiger partial charge on any atom is -0.490 e. The van der Waals surface area contributed by atoms with Crippen LogP contribution in [0.3, 0.4) is 0 Å². The predicted octanol–water partition coefficient (Wildman–Crippen LogP) is 6.66. The molecule has 6 rings (SSSR count). The molecule has 2 aromatic carbocycles. The summed E-state index contributed by atoms with van der Waals surface area (Å²) in [6.45, 7) is 6.12. The third-order valence-corrected chi connectivity index (χ3v) is 12.0. The minimum absolute atomic E-state index is 0.191. The number of allylic oxidation sites excluding steroid dienone is 2. The van der Waals surface area contributed by atoms with Crippen LogP contribution in [0.1, 0.15) is 80.3 Å². The van der Waals surface area contributed by atoms with E-state index in [-0.39, 0.29) is 5.41 Å². The Hall–Kier alpha value is -2.51. The number of benzene rings is 2. The lowest BCUT2D eigenvalue weighted by atomic mass is 9.65. The van der Waals surface area contributed by atoms with Crippen molar-refractivity contribution < 1.29 is 17.9 Å². The lowest BCUT2D eigenvalue weighted by Crippen LogP contribution is -2.49. The maximum absolute atomic E-state index is 13.3. The van der Waals surface area contributed by atoms with Crippen molar-refractivity contribution in [3.05, 3.63) is 70.3 Å². The summed E-state index contributed by atoms with van der Waals surface area (Å²) in [5.41, 5.74) is 3.63. The number of nitrogens with zero attached hydrogens (tertiary/aromatic N) is 1. The first-order chi connectivity index (χ1) is 19.7. The molecule has 41 heavy (non-hydrogen) atoms. The van der Waals surface area contributed by atoms with Gasteiger partial charge >= 0.3 is 0 Å². The van der Waals surface area contributed by atoms with Gasteiger partial charge in [0, 0.05) is 29.1 Å². The topological polar surface area (TPSA) is 75.7 Å². The fraction of sp³-hybridized carbons (Fsp3) is 0.545. The molecule has 2 aliphatic carbocycles. The molecule has 6 nitrogen and oxygen atoms in total. The maximum atomic E-state index is 13.3. The van der Waals surface area contributed by atoms with E-state index in [1.807, 2.05) is 24.3 Å². The molecular weight excluding hydrogens is 556 g/mol. The second-order valence-corrected chi connectivity index (χ2v) is 15.2. The van der Waals surface area contributed by atoms with Crippen molar-refractivity contribution in [2.75, 3.05) is 24.6 Å². The number of amides is 1. The molecule has 2 aliphatic heterocycles. The molecular formula is C33H41ClN2O4S. The summed E-state index contributed by atoms with van der Waals surface area (Å²) in [6, 6.07) is 11.6. The highest BCUT2D eigenvalue weighted by Gasteiger charge is 2.44. The molecule has 1 amide bonds. The Morgan fingerprint density at radius 1 is 1.17 bits per heavy atom. The molecule has 2 heterocycles. The van der Waals surface area contributed by atoms with E-state index in [9.17, 15) is 13.2 Å². The van der Waals surface area contributed by atoms with Crippen LogP contribution in [0, 0.1) is 17.8 Å². The summed E-state index contributed by atoms with van der Waals surface area (Å²) in [7, 11) is -3.83. The summed E-state index contributed by atoms with van der Waals surface area (Å²) in [4.78, 5) is 15.7. The second kappa shape index (κ2) is 11.3. The van der Waals surface area contributed by atoms with Crippen LogP contribution in [0.4, 0.5) is 5.69 Å². The Kier molecular flexibility index (Phi) is 7.88. The molecule has 1 saturated carbocycles. The van der Waals surface area contributed by atoms with Crippen LogP contribution in [0.25, 0.3) is 0 Å². The van der Waals surface area contributed by atoms with Crippen molar-refractivity contribution in [1.29, 1.82) is 0 Å². The number of sulfonamides is 1. The normalized spacial score (nSPS) is 31.7. The zero-order valence-electron chi connectivity index (χ0n) is 24.1. The Morgan fingerprint density at radius 3 is 2.80 bits per heavy atom. The first-order valence-corrected chi connectivity index (χ1v) is 17.1. The summed E-state index contributed by atoms with van der Waals surface area (Å²) in [5.74, 6) is 1.67. The van der Waals surface area contributed by atoms with Gasteiger partial charge in [0.25, 0.3) is 5.91 Å². The molecule has 1 spiro atoms. The van der Waals surface area contributed by atoms with Gasteiger partial charge in [-0.15, -0.1) is 0 Å². The minimum atomic E-state index is -3.83. The van der Waals surface area contributed by atoms with Crippen molar-refractivity contribution in [2.24, 2.45) is 17.8 Å². The van der Waals surface area contributed by atoms with E-state index in [0.717, 1.165) is 61.7 Å². The summed E-state index contributed by atoms with van der Waals surface area (Å²) >= 11 is 6.41. The van der Waals surface area contributed by atoms with E-state index in [0.29, 0.717) is 36.3 Å². The molecule has 0 radical (unpaired) electrons. The third-order valence-electron chi connectivity index (χ3n) is 10.0. The van der Waals surface area contributed by atoms with Crippen molar-refractivity contribution in [3.63, 3.8) is 0 Å².